The Morgan fingerprint density at radius 3 is 2.38 bits per heavy atom. The predicted octanol–water partition coefficient (Wildman–Crippen LogP) is 4.30. The minimum Gasteiger partial charge on any atom is -0.462 e. The molecule has 1 unspecified atom stereocenters. The molecule has 1 atom stereocenters. The number of anilines is 1. The maximum absolute atomic E-state index is 12.0. The summed E-state index contributed by atoms with van der Waals surface area (Å²) in [5.74, 6) is -0.0512. The number of carbonyl (C=O) groups is 2. The van der Waals surface area contributed by atoms with Crippen molar-refractivity contribution < 1.29 is 14.3 Å². The van der Waals surface area contributed by atoms with E-state index in [0.717, 1.165) is 0 Å². The molecule has 0 radical (unpaired) electrons. The van der Waals surface area contributed by atoms with Crippen LogP contribution in [0, 0.1) is 0 Å². The van der Waals surface area contributed by atoms with E-state index in [0.29, 0.717) is 23.6 Å². The molecule has 2 aromatic carbocycles. The Bertz CT molecular complexity index is 671. The van der Waals surface area contributed by atoms with Crippen LogP contribution in [-0.4, -0.2) is 24.2 Å². The van der Waals surface area contributed by atoms with Gasteiger partial charge in [-0.3, -0.25) is 4.79 Å². The second kappa shape index (κ2) is 9.13. The van der Waals surface area contributed by atoms with Crippen molar-refractivity contribution >= 4 is 29.3 Å². The minimum atomic E-state index is -0.359. The predicted molar refractivity (Wildman–Crippen MR) is 98.3 cm³/mol. The molecule has 2 rings (SSSR count). The molecule has 1 amide bonds. The second-order valence-electron chi connectivity index (χ2n) is 5.21. The molecule has 0 saturated carbocycles. The van der Waals surface area contributed by atoms with E-state index in [1.165, 1.54) is 5.56 Å². The lowest BCUT2D eigenvalue weighted by molar-refractivity contribution is -0.113. The number of esters is 1. The Kier molecular flexibility index (Phi) is 6.88. The molecule has 0 aliphatic carbocycles. The molecule has 0 aliphatic rings. The van der Waals surface area contributed by atoms with Crippen LogP contribution in [0.25, 0.3) is 0 Å². The molecule has 0 fully saturated rings. The lowest BCUT2D eigenvalue weighted by atomic mass is 10.2. The lowest BCUT2D eigenvalue weighted by Gasteiger charge is -2.11. The Morgan fingerprint density at radius 1 is 1.08 bits per heavy atom. The van der Waals surface area contributed by atoms with Crippen molar-refractivity contribution in [1.29, 1.82) is 0 Å². The van der Waals surface area contributed by atoms with E-state index >= 15 is 0 Å². The monoisotopic (exact) mass is 343 g/mol. The minimum absolute atomic E-state index is 0.0633. The third-order valence-corrected chi connectivity index (χ3v) is 4.61. The van der Waals surface area contributed by atoms with E-state index in [9.17, 15) is 9.59 Å². The molecule has 1 N–H and O–H groups in total. The molecule has 24 heavy (non-hydrogen) atoms. The largest absolute Gasteiger partial charge is 0.462 e. The highest BCUT2D eigenvalue weighted by atomic mass is 32.2. The van der Waals surface area contributed by atoms with Gasteiger partial charge in [-0.05, 0) is 43.7 Å². The van der Waals surface area contributed by atoms with Gasteiger partial charge in [0.2, 0.25) is 5.91 Å². The Morgan fingerprint density at radius 2 is 1.75 bits per heavy atom. The number of nitrogens with one attached hydrogen (secondary N) is 1. The van der Waals surface area contributed by atoms with Crippen molar-refractivity contribution in [2.45, 2.75) is 19.1 Å². The zero-order valence-electron chi connectivity index (χ0n) is 13.8. The van der Waals surface area contributed by atoms with Crippen molar-refractivity contribution in [3.8, 4) is 0 Å². The standard InChI is InChI=1S/C19H21NO3S/c1-3-23-19(22)16-9-11-17(12-10-16)20-18(21)13-24-14(2)15-7-5-4-6-8-15/h4-12,14H,3,13H2,1-2H3,(H,20,21). The van der Waals surface area contributed by atoms with Gasteiger partial charge in [0.1, 0.15) is 0 Å². The van der Waals surface area contributed by atoms with Crippen LogP contribution in [0.3, 0.4) is 0 Å². The van der Waals surface area contributed by atoms with Gasteiger partial charge < -0.3 is 10.1 Å². The lowest BCUT2D eigenvalue weighted by Crippen LogP contribution is -2.15. The highest BCUT2D eigenvalue weighted by Gasteiger charge is 2.10. The molecule has 0 bridgehead atoms. The fraction of sp³-hybridized carbons (Fsp3) is 0.263. The molecule has 5 heteroatoms. The van der Waals surface area contributed by atoms with Gasteiger partial charge in [0, 0.05) is 10.9 Å². The summed E-state index contributed by atoms with van der Waals surface area (Å²) in [7, 11) is 0. The van der Waals surface area contributed by atoms with E-state index in [4.69, 9.17) is 4.74 Å². The molecule has 126 valence electrons. The molecule has 0 aliphatic heterocycles. The summed E-state index contributed by atoms with van der Waals surface area (Å²) in [6, 6.07) is 16.8. The molecule has 0 spiro atoms. The number of hydrogen-bond donors (Lipinski definition) is 1. The highest BCUT2D eigenvalue weighted by molar-refractivity contribution is 8.00. The first kappa shape index (κ1) is 18.1. The average Bonchev–Trinajstić information content (AvgIpc) is 2.61. The number of benzene rings is 2. The average molecular weight is 343 g/mol. The first-order valence-electron chi connectivity index (χ1n) is 7.83. The van der Waals surface area contributed by atoms with Gasteiger partial charge >= 0.3 is 5.97 Å². The first-order chi connectivity index (χ1) is 11.6. The summed E-state index contributed by atoms with van der Waals surface area (Å²) >= 11 is 1.59. The zero-order valence-corrected chi connectivity index (χ0v) is 14.6. The number of carbonyl (C=O) groups excluding carboxylic acids is 2. The van der Waals surface area contributed by atoms with Gasteiger partial charge in [0.25, 0.3) is 0 Å². The number of thioether (sulfide) groups is 1. The summed E-state index contributed by atoms with van der Waals surface area (Å²) in [5.41, 5.74) is 2.34. The third kappa shape index (κ3) is 5.42. The van der Waals surface area contributed by atoms with Crippen LogP contribution < -0.4 is 5.32 Å². The number of amides is 1. The number of hydrogen-bond acceptors (Lipinski definition) is 4. The SMILES string of the molecule is CCOC(=O)c1ccc(NC(=O)CSC(C)c2ccccc2)cc1. The van der Waals surface area contributed by atoms with Crippen LogP contribution >= 0.6 is 11.8 Å². The van der Waals surface area contributed by atoms with E-state index in [2.05, 4.69) is 24.4 Å². The van der Waals surface area contributed by atoms with E-state index < -0.39 is 0 Å². The van der Waals surface area contributed by atoms with Gasteiger partial charge in [-0.1, -0.05) is 30.3 Å². The van der Waals surface area contributed by atoms with Crippen LogP contribution in [0.1, 0.15) is 35.0 Å². The number of rotatable bonds is 7. The molecule has 0 aromatic heterocycles. The zero-order chi connectivity index (χ0) is 17.4. The van der Waals surface area contributed by atoms with Crippen molar-refractivity contribution in [3.63, 3.8) is 0 Å². The van der Waals surface area contributed by atoms with Crippen molar-refractivity contribution in [2.75, 3.05) is 17.7 Å². The summed E-state index contributed by atoms with van der Waals surface area (Å²) < 4.78 is 4.93. The van der Waals surface area contributed by atoms with Crippen molar-refractivity contribution in [3.05, 3.63) is 65.7 Å². The summed E-state index contributed by atoms with van der Waals surface area (Å²) in [4.78, 5) is 23.6. The van der Waals surface area contributed by atoms with Gasteiger partial charge in [-0.25, -0.2) is 4.79 Å². The maximum Gasteiger partial charge on any atom is 0.338 e. The van der Waals surface area contributed by atoms with Crippen LogP contribution in [0.4, 0.5) is 5.69 Å². The summed E-state index contributed by atoms with van der Waals surface area (Å²) in [6.45, 7) is 4.19. The van der Waals surface area contributed by atoms with Gasteiger partial charge in [-0.2, -0.15) is 0 Å². The fourth-order valence-corrected chi connectivity index (χ4v) is 2.95. The van der Waals surface area contributed by atoms with Gasteiger partial charge in [-0.15, -0.1) is 11.8 Å². The van der Waals surface area contributed by atoms with Crippen LogP contribution in [0.2, 0.25) is 0 Å². The topological polar surface area (TPSA) is 55.4 Å². The van der Waals surface area contributed by atoms with Crippen LogP contribution in [-0.2, 0) is 9.53 Å². The smallest absolute Gasteiger partial charge is 0.338 e. The van der Waals surface area contributed by atoms with Crippen LogP contribution in [0.15, 0.2) is 54.6 Å². The molecule has 2 aromatic rings. The van der Waals surface area contributed by atoms with E-state index in [-0.39, 0.29) is 17.1 Å². The van der Waals surface area contributed by atoms with Crippen molar-refractivity contribution in [2.24, 2.45) is 0 Å². The molecular weight excluding hydrogens is 322 g/mol. The normalized spacial score (nSPS) is 11.6. The molecular formula is C19H21NO3S. The Labute approximate surface area is 146 Å². The highest BCUT2D eigenvalue weighted by Crippen LogP contribution is 2.27. The quantitative estimate of drug-likeness (QED) is 0.762. The van der Waals surface area contributed by atoms with Crippen LogP contribution in [0.5, 0.6) is 0 Å². The Balaban J connectivity index is 1.83. The summed E-state index contributed by atoms with van der Waals surface area (Å²) in [5, 5.41) is 3.09. The van der Waals surface area contributed by atoms with Gasteiger partial charge in [0.05, 0.1) is 17.9 Å². The number of ether oxygens (including phenoxy) is 1. The molecule has 4 nitrogen and oxygen atoms in total. The molecule has 0 heterocycles. The second-order valence-corrected chi connectivity index (χ2v) is 6.54. The Hall–Kier alpha value is -2.27. The van der Waals surface area contributed by atoms with E-state index in [1.807, 2.05) is 18.2 Å². The van der Waals surface area contributed by atoms with Crippen molar-refractivity contribution in [1.82, 2.24) is 0 Å². The third-order valence-electron chi connectivity index (χ3n) is 3.41. The van der Waals surface area contributed by atoms with Gasteiger partial charge in [0.15, 0.2) is 0 Å². The summed E-state index contributed by atoms with van der Waals surface area (Å²) in [6.07, 6.45) is 0. The van der Waals surface area contributed by atoms with E-state index in [1.54, 1.807) is 43.0 Å². The maximum atomic E-state index is 12.0. The fourth-order valence-electron chi connectivity index (χ4n) is 2.12. The first-order valence-corrected chi connectivity index (χ1v) is 8.88. The molecule has 0 saturated heterocycles.